The predicted molar refractivity (Wildman–Crippen MR) is 123 cm³/mol. The number of aromatic nitrogens is 2. The molecule has 6 nitrogen and oxygen atoms in total. The second-order valence-electron chi connectivity index (χ2n) is 7.45. The van der Waals surface area contributed by atoms with Crippen molar-refractivity contribution >= 4 is 23.0 Å². The number of hydrogen-bond acceptors (Lipinski definition) is 4. The first-order chi connectivity index (χ1) is 16.0. The fourth-order valence-corrected chi connectivity index (χ4v) is 3.50. The lowest BCUT2D eigenvalue weighted by atomic mass is 10.1. The van der Waals surface area contributed by atoms with Crippen molar-refractivity contribution in [2.45, 2.75) is 6.42 Å². The molecule has 0 saturated heterocycles. The van der Waals surface area contributed by atoms with Crippen LogP contribution in [0.25, 0.3) is 5.69 Å². The van der Waals surface area contributed by atoms with Gasteiger partial charge in [0.1, 0.15) is 11.6 Å². The summed E-state index contributed by atoms with van der Waals surface area (Å²) < 4.78 is 14.9. The molecule has 0 radical (unpaired) electrons. The van der Waals surface area contributed by atoms with Crippen molar-refractivity contribution in [2.75, 3.05) is 5.32 Å². The van der Waals surface area contributed by atoms with E-state index in [0.29, 0.717) is 28.2 Å². The number of rotatable bonds is 2. The number of fused-ring (bicyclic) bond motifs is 1. The van der Waals surface area contributed by atoms with E-state index in [1.54, 1.807) is 30.7 Å². The summed E-state index contributed by atoms with van der Waals surface area (Å²) in [6, 6.07) is 16.5. The molecule has 3 aromatic carbocycles. The SMILES string of the molecule is O=C1CC(c2cccc(-n3ccnc3)c2)=Nc2cc(O)c(C#Cc3ccc(F)cc3)cc2N1. The Balaban J connectivity index is 1.52. The number of imidazole rings is 1. The Morgan fingerprint density at radius 2 is 1.91 bits per heavy atom. The van der Waals surface area contributed by atoms with Gasteiger partial charge in [-0.1, -0.05) is 24.0 Å². The van der Waals surface area contributed by atoms with Crippen molar-refractivity contribution in [2.24, 2.45) is 4.99 Å². The fourth-order valence-electron chi connectivity index (χ4n) is 3.50. The molecule has 2 heterocycles. The summed E-state index contributed by atoms with van der Waals surface area (Å²) in [4.78, 5) is 21.3. The molecule has 7 heteroatoms. The van der Waals surface area contributed by atoms with E-state index in [2.05, 4.69) is 27.1 Å². The maximum Gasteiger partial charge on any atom is 0.230 e. The standard InChI is InChI=1S/C26H17FN4O2/c27-20-8-5-17(6-9-20)4-7-19-13-23-24(14-25(19)32)29-22(15-26(33)30-23)18-2-1-3-21(12-18)31-11-10-28-16-31/h1-3,5-6,8-14,16,32H,15H2,(H,30,33). The Morgan fingerprint density at radius 1 is 1.06 bits per heavy atom. The molecule has 1 amide bonds. The summed E-state index contributed by atoms with van der Waals surface area (Å²) in [6.07, 6.45) is 5.31. The molecule has 4 aromatic rings. The van der Waals surface area contributed by atoms with Crippen LogP contribution in [0, 0.1) is 17.7 Å². The highest BCUT2D eigenvalue weighted by molar-refractivity contribution is 6.17. The number of anilines is 1. The average molecular weight is 436 g/mol. The molecular weight excluding hydrogens is 419 g/mol. The summed E-state index contributed by atoms with van der Waals surface area (Å²) >= 11 is 0. The van der Waals surface area contributed by atoms with Crippen LogP contribution in [-0.2, 0) is 4.79 Å². The van der Waals surface area contributed by atoms with Gasteiger partial charge < -0.3 is 15.0 Å². The molecule has 0 atom stereocenters. The number of carbonyl (C=O) groups is 1. The number of benzene rings is 3. The minimum atomic E-state index is -0.347. The lowest BCUT2D eigenvalue weighted by Gasteiger charge is -2.07. The van der Waals surface area contributed by atoms with E-state index in [0.717, 1.165) is 11.3 Å². The van der Waals surface area contributed by atoms with E-state index in [1.165, 1.54) is 18.2 Å². The second-order valence-corrected chi connectivity index (χ2v) is 7.45. The highest BCUT2D eigenvalue weighted by atomic mass is 19.1. The topological polar surface area (TPSA) is 79.5 Å². The Kier molecular flexibility index (Phi) is 5.17. The van der Waals surface area contributed by atoms with Crippen LogP contribution in [0.4, 0.5) is 15.8 Å². The van der Waals surface area contributed by atoms with Gasteiger partial charge in [0.25, 0.3) is 0 Å². The third-order valence-electron chi connectivity index (χ3n) is 5.14. The van der Waals surface area contributed by atoms with Gasteiger partial charge in [-0.25, -0.2) is 14.4 Å². The highest BCUT2D eigenvalue weighted by Gasteiger charge is 2.19. The summed E-state index contributed by atoms with van der Waals surface area (Å²) in [5.74, 6) is 5.13. The quantitative estimate of drug-likeness (QED) is 0.357. The van der Waals surface area contributed by atoms with Gasteiger partial charge in [0, 0.05) is 29.7 Å². The second kappa shape index (κ2) is 8.44. The Hall–Kier alpha value is -4.70. The summed E-state index contributed by atoms with van der Waals surface area (Å²) in [7, 11) is 0. The van der Waals surface area contributed by atoms with Crippen molar-refractivity contribution in [1.82, 2.24) is 9.55 Å². The molecule has 0 unspecified atom stereocenters. The van der Waals surface area contributed by atoms with Gasteiger partial charge in [0.15, 0.2) is 0 Å². The number of phenols is 1. The molecule has 0 saturated carbocycles. The minimum Gasteiger partial charge on any atom is -0.507 e. The Morgan fingerprint density at radius 3 is 2.70 bits per heavy atom. The zero-order valence-corrected chi connectivity index (χ0v) is 17.3. The number of nitrogens with zero attached hydrogens (tertiary/aromatic N) is 3. The van der Waals surface area contributed by atoms with Gasteiger partial charge in [-0.2, -0.15) is 0 Å². The van der Waals surface area contributed by atoms with Crippen molar-refractivity contribution < 1.29 is 14.3 Å². The first-order valence-corrected chi connectivity index (χ1v) is 10.2. The zero-order chi connectivity index (χ0) is 22.8. The van der Waals surface area contributed by atoms with Crippen LogP contribution in [0.15, 0.2) is 84.4 Å². The van der Waals surface area contributed by atoms with E-state index >= 15 is 0 Å². The van der Waals surface area contributed by atoms with E-state index in [-0.39, 0.29) is 23.9 Å². The van der Waals surface area contributed by atoms with Crippen LogP contribution < -0.4 is 5.32 Å². The molecule has 160 valence electrons. The van der Waals surface area contributed by atoms with E-state index in [1.807, 2.05) is 35.0 Å². The third kappa shape index (κ3) is 4.36. The number of hydrogen-bond donors (Lipinski definition) is 2. The minimum absolute atomic E-state index is 0.0604. The molecular formula is C26H17FN4O2. The molecule has 1 aromatic heterocycles. The molecule has 0 fully saturated rings. The first-order valence-electron chi connectivity index (χ1n) is 10.2. The van der Waals surface area contributed by atoms with E-state index in [9.17, 15) is 14.3 Å². The van der Waals surface area contributed by atoms with Crippen LogP contribution in [0.2, 0.25) is 0 Å². The van der Waals surface area contributed by atoms with Crippen molar-refractivity contribution in [3.8, 4) is 23.3 Å². The largest absolute Gasteiger partial charge is 0.507 e. The van der Waals surface area contributed by atoms with Gasteiger partial charge in [-0.3, -0.25) is 4.79 Å². The van der Waals surface area contributed by atoms with E-state index < -0.39 is 0 Å². The van der Waals surface area contributed by atoms with Gasteiger partial charge >= 0.3 is 0 Å². The maximum atomic E-state index is 13.1. The molecule has 0 bridgehead atoms. The van der Waals surface area contributed by atoms with Gasteiger partial charge in [-0.15, -0.1) is 0 Å². The van der Waals surface area contributed by atoms with Crippen LogP contribution in [0.1, 0.15) is 23.1 Å². The lowest BCUT2D eigenvalue weighted by molar-refractivity contribution is -0.115. The van der Waals surface area contributed by atoms with Crippen molar-refractivity contribution in [3.63, 3.8) is 0 Å². The summed E-state index contributed by atoms with van der Waals surface area (Å²) in [5.41, 5.74) is 4.11. The number of aliphatic imine (C=N–C) groups is 1. The van der Waals surface area contributed by atoms with Crippen molar-refractivity contribution in [3.05, 3.63) is 102 Å². The molecule has 0 aliphatic carbocycles. The van der Waals surface area contributed by atoms with Crippen LogP contribution in [0.5, 0.6) is 5.75 Å². The monoisotopic (exact) mass is 436 g/mol. The first kappa shape index (κ1) is 20.2. The van der Waals surface area contributed by atoms with Crippen LogP contribution in [-0.4, -0.2) is 26.3 Å². The molecule has 1 aliphatic heterocycles. The predicted octanol–water partition coefficient (Wildman–Crippen LogP) is 4.58. The van der Waals surface area contributed by atoms with Crippen LogP contribution >= 0.6 is 0 Å². The smallest absolute Gasteiger partial charge is 0.230 e. The molecule has 0 spiro atoms. The molecule has 33 heavy (non-hydrogen) atoms. The summed E-state index contributed by atoms with van der Waals surface area (Å²) in [5, 5.41) is 13.4. The maximum absolute atomic E-state index is 13.1. The van der Waals surface area contributed by atoms with E-state index in [4.69, 9.17) is 0 Å². The van der Waals surface area contributed by atoms with Crippen molar-refractivity contribution in [1.29, 1.82) is 0 Å². The number of nitrogens with one attached hydrogen (secondary N) is 1. The Labute approximate surface area is 189 Å². The van der Waals surface area contributed by atoms with Gasteiger partial charge in [0.05, 0.1) is 35.4 Å². The Bertz CT molecular complexity index is 1450. The molecule has 2 N–H and O–H groups in total. The molecule has 5 rings (SSSR count). The lowest BCUT2D eigenvalue weighted by Crippen LogP contribution is -2.15. The zero-order valence-electron chi connectivity index (χ0n) is 17.3. The van der Waals surface area contributed by atoms with Gasteiger partial charge in [-0.05, 0) is 48.0 Å². The average Bonchev–Trinajstić information content (AvgIpc) is 3.30. The number of aromatic hydroxyl groups is 1. The van der Waals surface area contributed by atoms with Crippen LogP contribution in [0.3, 0.4) is 0 Å². The van der Waals surface area contributed by atoms with Gasteiger partial charge in [0.2, 0.25) is 5.91 Å². The number of amides is 1. The third-order valence-corrected chi connectivity index (χ3v) is 5.14. The fraction of sp³-hybridized carbons (Fsp3) is 0.0385. The normalized spacial score (nSPS) is 12.6. The summed E-state index contributed by atoms with van der Waals surface area (Å²) in [6.45, 7) is 0. The molecule has 1 aliphatic rings. The highest BCUT2D eigenvalue weighted by Crippen LogP contribution is 2.35. The number of halogens is 1. The number of carbonyl (C=O) groups excluding carboxylic acids is 1. The number of phenolic OH excluding ortho intramolecular Hbond substituents is 1.